The van der Waals surface area contributed by atoms with Crippen molar-refractivity contribution in [3.8, 4) is 0 Å². The molecule has 0 spiro atoms. The van der Waals surface area contributed by atoms with E-state index in [1.807, 2.05) is 13.8 Å². The fraction of sp³-hybridized carbons (Fsp3) is 0.429. The average molecular weight is 280 g/mol. The van der Waals surface area contributed by atoms with E-state index in [1.54, 1.807) is 26.2 Å². The maximum absolute atomic E-state index is 11.8. The number of anilines is 1. The van der Waals surface area contributed by atoms with Gasteiger partial charge in [-0.25, -0.2) is 9.59 Å². The molecule has 1 rings (SSSR count). The van der Waals surface area contributed by atoms with E-state index < -0.39 is 17.5 Å². The highest BCUT2D eigenvalue weighted by Gasteiger charge is 2.20. The Kier molecular flexibility index (Phi) is 5.10. The quantitative estimate of drug-likeness (QED) is 0.772. The first-order valence-corrected chi connectivity index (χ1v) is 6.17. The van der Waals surface area contributed by atoms with Crippen LogP contribution in [0.1, 0.15) is 29.8 Å². The van der Waals surface area contributed by atoms with Crippen molar-refractivity contribution in [1.29, 1.82) is 0 Å². The summed E-state index contributed by atoms with van der Waals surface area (Å²) in [4.78, 5) is 22.9. The minimum atomic E-state index is -1.02. The number of nitrogens with one attached hydrogen (secondary N) is 2. The smallest absolute Gasteiger partial charge is 0.336 e. The second kappa shape index (κ2) is 6.38. The van der Waals surface area contributed by atoms with Crippen LogP contribution in [0.2, 0.25) is 0 Å². The summed E-state index contributed by atoms with van der Waals surface area (Å²) < 4.78 is 5.00. The summed E-state index contributed by atoms with van der Waals surface area (Å²) in [6.07, 6.45) is 0. The first-order chi connectivity index (χ1) is 9.25. The predicted octanol–water partition coefficient (Wildman–Crippen LogP) is 2.24. The van der Waals surface area contributed by atoms with Crippen molar-refractivity contribution in [1.82, 2.24) is 5.32 Å². The molecule has 0 heterocycles. The van der Waals surface area contributed by atoms with Crippen LogP contribution in [-0.2, 0) is 4.74 Å². The van der Waals surface area contributed by atoms with E-state index in [4.69, 9.17) is 9.84 Å². The topological polar surface area (TPSA) is 87.7 Å². The van der Waals surface area contributed by atoms with E-state index in [0.717, 1.165) is 0 Å². The molecule has 3 N–H and O–H groups in total. The SMILES string of the molecule is COCC(C)(C)NC(=O)Nc1ccc(C)c(C(=O)O)c1. The van der Waals surface area contributed by atoms with Crippen molar-refractivity contribution in [3.05, 3.63) is 29.3 Å². The van der Waals surface area contributed by atoms with Crippen molar-refractivity contribution in [2.45, 2.75) is 26.3 Å². The summed E-state index contributed by atoms with van der Waals surface area (Å²) in [6, 6.07) is 4.33. The number of amides is 2. The van der Waals surface area contributed by atoms with E-state index >= 15 is 0 Å². The van der Waals surface area contributed by atoms with E-state index in [2.05, 4.69) is 10.6 Å². The molecule has 0 bridgehead atoms. The molecular formula is C14H20N2O4. The van der Waals surface area contributed by atoms with E-state index in [0.29, 0.717) is 17.9 Å². The van der Waals surface area contributed by atoms with Crippen LogP contribution in [0, 0.1) is 6.92 Å². The van der Waals surface area contributed by atoms with Gasteiger partial charge in [0.25, 0.3) is 0 Å². The maximum atomic E-state index is 11.8. The first-order valence-electron chi connectivity index (χ1n) is 6.17. The number of urea groups is 1. The lowest BCUT2D eigenvalue weighted by atomic mass is 10.1. The molecule has 0 aliphatic rings. The minimum absolute atomic E-state index is 0.166. The third kappa shape index (κ3) is 4.55. The Bertz CT molecular complexity index is 512. The Morgan fingerprint density at radius 2 is 2.00 bits per heavy atom. The molecule has 0 fully saturated rings. The second-order valence-corrected chi connectivity index (χ2v) is 5.23. The number of benzene rings is 1. The van der Waals surface area contributed by atoms with Crippen LogP contribution in [0.4, 0.5) is 10.5 Å². The zero-order valence-electron chi connectivity index (χ0n) is 12.1. The van der Waals surface area contributed by atoms with Crippen LogP contribution in [0.15, 0.2) is 18.2 Å². The molecule has 1 aromatic rings. The van der Waals surface area contributed by atoms with Gasteiger partial charge in [0.1, 0.15) is 0 Å². The number of hydrogen-bond donors (Lipinski definition) is 3. The summed E-state index contributed by atoms with van der Waals surface area (Å²) in [5, 5.41) is 14.4. The molecule has 0 atom stereocenters. The number of carboxylic acid groups (broad SMARTS) is 1. The Balaban J connectivity index is 2.76. The van der Waals surface area contributed by atoms with Crippen molar-refractivity contribution in [2.24, 2.45) is 0 Å². The monoisotopic (exact) mass is 280 g/mol. The average Bonchev–Trinajstić information content (AvgIpc) is 2.30. The van der Waals surface area contributed by atoms with Gasteiger partial charge >= 0.3 is 12.0 Å². The molecule has 0 aromatic heterocycles. The lowest BCUT2D eigenvalue weighted by Gasteiger charge is -2.25. The molecule has 6 heteroatoms. The minimum Gasteiger partial charge on any atom is -0.478 e. The largest absolute Gasteiger partial charge is 0.478 e. The molecular weight excluding hydrogens is 260 g/mol. The highest BCUT2D eigenvalue weighted by Crippen LogP contribution is 2.15. The second-order valence-electron chi connectivity index (χ2n) is 5.23. The number of methoxy groups -OCH3 is 1. The number of carbonyl (C=O) groups excluding carboxylic acids is 1. The first kappa shape index (κ1) is 16.0. The van der Waals surface area contributed by atoms with Gasteiger partial charge in [-0.15, -0.1) is 0 Å². The molecule has 110 valence electrons. The van der Waals surface area contributed by atoms with Crippen molar-refractivity contribution in [2.75, 3.05) is 19.0 Å². The lowest BCUT2D eigenvalue weighted by molar-refractivity contribution is 0.0696. The van der Waals surface area contributed by atoms with Crippen LogP contribution >= 0.6 is 0 Å². The number of carbonyl (C=O) groups is 2. The summed E-state index contributed by atoms with van der Waals surface area (Å²) in [7, 11) is 1.56. The fourth-order valence-electron chi connectivity index (χ4n) is 1.80. The number of rotatable bonds is 5. The highest BCUT2D eigenvalue weighted by molar-refractivity contribution is 5.94. The van der Waals surface area contributed by atoms with Crippen molar-refractivity contribution in [3.63, 3.8) is 0 Å². The molecule has 6 nitrogen and oxygen atoms in total. The van der Waals surface area contributed by atoms with Crippen LogP contribution in [0.25, 0.3) is 0 Å². The van der Waals surface area contributed by atoms with Crippen molar-refractivity contribution >= 4 is 17.7 Å². The molecule has 2 amide bonds. The van der Waals surface area contributed by atoms with Gasteiger partial charge < -0.3 is 20.5 Å². The number of ether oxygens (including phenoxy) is 1. The van der Waals surface area contributed by atoms with Gasteiger partial charge in [-0.3, -0.25) is 0 Å². The van der Waals surface area contributed by atoms with Crippen molar-refractivity contribution < 1.29 is 19.4 Å². The van der Waals surface area contributed by atoms with Gasteiger partial charge in [0.2, 0.25) is 0 Å². The molecule has 0 unspecified atom stereocenters. The molecule has 0 saturated heterocycles. The Morgan fingerprint density at radius 1 is 1.35 bits per heavy atom. The predicted molar refractivity (Wildman–Crippen MR) is 76.2 cm³/mol. The summed E-state index contributed by atoms with van der Waals surface area (Å²) in [5.41, 5.74) is 0.722. The zero-order chi connectivity index (χ0) is 15.3. The van der Waals surface area contributed by atoms with Gasteiger partial charge in [0.15, 0.2) is 0 Å². The lowest BCUT2D eigenvalue weighted by Crippen LogP contribution is -2.48. The van der Waals surface area contributed by atoms with Crippen LogP contribution in [-0.4, -0.2) is 36.4 Å². The molecule has 0 aliphatic heterocycles. The zero-order valence-corrected chi connectivity index (χ0v) is 12.1. The van der Waals surface area contributed by atoms with Gasteiger partial charge in [-0.05, 0) is 38.5 Å². The highest BCUT2D eigenvalue weighted by atomic mass is 16.5. The third-order valence-electron chi connectivity index (χ3n) is 2.68. The number of aromatic carboxylic acids is 1. The third-order valence-corrected chi connectivity index (χ3v) is 2.68. The fourth-order valence-corrected chi connectivity index (χ4v) is 1.80. The number of aryl methyl sites for hydroxylation is 1. The standard InChI is InChI=1S/C14H20N2O4/c1-9-5-6-10(7-11(9)12(17)18)15-13(19)16-14(2,3)8-20-4/h5-7H,8H2,1-4H3,(H,17,18)(H2,15,16,19). The van der Waals surface area contributed by atoms with E-state index in [9.17, 15) is 9.59 Å². The molecule has 0 aliphatic carbocycles. The van der Waals surface area contributed by atoms with E-state index in [1.165, 1.54) is 6.07 Å². The van der Waals surface area contributed by atoms with Crippen LogP contribution in [0.3, 0.4) is 0 Å². The Morgan fingerprint density at radius 3 is 2.55 bits per heavy atom. The number of carboxylic acids is 1. The Labute approximate surface area is 118 Å². The summed E-state index contributed by atoms with van der Waals surface area (Å²) in [5.74, 6) is -1.02. The van der Waals surface area contributed by atoms with Crippen LogP contribution in [0.5, 0.6) is 0 Å². The molecule has 20 heavy (non-hydrogen) atoms. The maximum Gasteiger partial charge on any atom is 0.336 e. The molecule has 0 saturated carbocycles. The number of hydrogen-bond acceptors (Lipinski definition) is 3. The molecule has 0 radical (unpaired) electrons. The van der Waals surface area contributed by atoms with Crippen LogP contribution < -0.4 is 10.6 Å². The normalized spacial score (nSPS) is 11.0. The van der Waals surface area contributed by atoms with Gasteiger partial charge in [0.05, 0.1) is 17.7 Å². The van der Waals surface area contributed by atoms with Gasteiger partial charge in [-0.2, -0.15) is 0 Å². The van der Waals surface area contributed by atoms with Gasteiger partial charge in [-0.1, -0.05) is 6.07 Å². The van der Waals surface area contributed by atoms with Gasteiger partial charge in [0, 0.05) is 12.8 Å². The summed E-state index contributed by atoms with van der Waals surface area (Å²) in [6.45, 7) is 5.73. The Hall–Kier alpha value is -2.08. The molecule has 1 aromatic carbocycles. The van der Waals surface area contributed by atoms with E-state index in [-0.39, 0.29) is 5.56 Å². The summed E-state index contributed by atoms with van der Waals surface area (Å²) >= 11 is 0.